The third-order valence-corrected chi connectivity index (χ3v) is 11.8. The molecule has 2 aliphatic rings. The zero-order chi connectivity index (χ0) is 21.2. The summed E-state index contributed by atoms with van der Waals surface area (Å²) in [6.07, 6.45) is 6.92. The van der Waals surface area contributed by atoms with Crippen LogP contribution in [0.4, 0.5) is 0 Å². The number of nitrogens with one attached hydrogen (secondary N) is 1. The Morgan fingerprint density at radius 1 is 1.17 bits per heavy atom. The summed E-state index contributed by atoms with van der Waals surface area (Å²) in [6, 6.07) is 10.7. The maximum atomic E-state index is 13.4. The number of carbonyl (C=O) groups is 1. The van der Waals surface area contributed by atoms with Gasteiger partial charge in [-0.05, 0) is 0 Å². The number of fused-ring (bicyclic) bond motifs is 2. The van der Waals surface area contributed by atoms with Gasteiger partial charge in [0.05, 0.1) is 0 Å². The van der Waals surface area contributed by atoms with Gasteiger partial charge in [-0.25, -0.2) is 0 Å². The van der Waals surface area contributed by atoms with Crippen molar-refractivity contribution in [3.63, 3.8) is 0 Å². The predicted molar refractivity (Wildman–Crippen MR) is 128 cm³/mol. The van der Waals surface area contributed by atoms with E-state index in [0.717, 1.165) is 29.8 Å². The summed E-state index contributed by atoms with van der Waals surface area (Å²) in [7, 11) is 0. The van der Waals surface area contributed by atoms with Gasteiger partial charge in [0.15, 0.2) is 0 Å². The van der Waals surface area contributed by atoms with Gasteiger partial charge in [-0.3, -0.25) is 0 Å². The second-order valence-corrected chi connectivity index (χ2v) is 13.0. The van der Waals surface area contributed by atoms with Gasteiger partial charge in [0.1, 0.15) is 0 Å². The zero-order valence-corrected chi connectivity index (χ0v) is 21.2. The van der Waals surface area contributed by atoms with Crippen LogP contribution in [0.2, 0.25) is 9.63 Å². The summed E-state index contributed by atoms with van der Waals surface area (Å²) in [5.41, 5.74) is 1.14. The van der Waals surface area contributed by atoms with Crippen molar-refractivity contribution >= 4 is 37.9 Å². The van der Waals surface area contributed by atoms with E-state index in [4.69, 9.17) is 12.2 Å². The molecular formula is C25H37NOSSe. The minimum absolute atomic E-state index is 0.103. The molecule has 5 atom stereocenters. The number of ketones is 1. The molecule has 0 amide bonds. The molecule has 1 N–H and O–H groups in total. The van der Waals surface area contributed by atoms with E-state index in [1.165, 1.54) is 19.3 Å². The summed E-state index contributed by atoms with van der Waals surface area (Å²) in [6.45, 7) is 11.5. The molecule has 2 nitrogen and oxygen atoms in total. The van der Waals surface area contributed by atoms with Crippen molar-refractivity contribution in [2.24, 2.45) is 16.7 Å². The molecule has 0 heterocycles. The van der Waals surface area contributed by atoms with Gasteiger partial charge in [-0.1, -0.05) is 0 Å². The van der Waals surface area contributed by atoms with Gasteiger partial charge in [0, 0.05) is 0 Å². The number of carbonyl (C=O) groups excluding carboxylic acids is 1. The van der Waals surface area contributed by atoms with Crippen LogP contribution in [0.5, 0.6) is 0 Å². The van der Waals surface area contributed by atoms with Crippen molar-refractivity contribution in [3.8, 4) is 0 Å². The molecule has 2 saturated carbocycles. The fourth-order valence-electron chi connectivity index (χ4n) is 5.50. The van der Waals surface area contributed by atoms with Crippen LogP contribution in [0.25, 0.3) is 0 Å². The number of benzene rings is 1. The molecule has 4 heteroatoms. The molecule has 0 aromatic heterocycles. The summed E-state index contributed by atoms with van der Waals surface area (Å²) < 4.78 is 0. The van der Waals surface area contributed by atoms with E-state index in [1.54, 1.807) is 0 Å². The molecule has 0 spiro atoms. The predicted octanol–water partition coefficient (Wildman–Crippen LogP) is 6.23. The van der Waals surface area contributed by atoms with E-state index in [0.29, 0.717) is 42.3 Å². The first-order valence-corrected chi connectivity index (χ1v) is 13.7. The van der Waals surface area contributed by atoms with Crippen molar-refractivity contribution in [1.82, 2.24) is 5.32 Å². The minimum atomic E-state index is -0.103. The molecule has 3 rings (SSSR count). The molecule has 29 heavy (non-hydrogen) atoms. The van der Waals surface area contributed by atoms with E-state index >= 15 is 0 Å². The molecule has 2 bridgehead atoms. The topological polar surface area (TPSA) is 29.1 Å². The molecule has 1 aromatic rings. The average Bonchev–Trinajstić information content (AvgIpc) is 3.01. The van der Waals surface area contributed by atoms with Gasteiger partial charge in [-0.15, -0.1) is 0 Å². The fourth-order valence-corrected chi connectivity index (χ4v) is 10.4. The van der Waals surface area contributed by atoms with Crippen LogP contribution in [0, 0.1) is 16.7 Å². The van der Waals surface area contributed by atoms with Gasteiger partial charge in [0.25, 0.3) is 0 Å². The Hall–Kier alpha value is -0.701. The zero-order valence-electron chi connectivity index (χ0n) is 18.7. The summed E-state index contributed by atoms with van der Waals surface area (Å²) in [5.74, 6) is 1.14. The number of rotatable bonds is 9. The van der Waals surface area contributed by atoms with Crippen molar-refractivity contribution in [1.29, 1.82) is 0 Å². The summed E-state index contributed by atoms with van der Waals surface area (Å²) >= 11 is 6.07. The molecule has 2 fully saturated rings. The van der Waals surface area contributed by atoms with Crippen molar-refractivity contribution in [2.75, 3.05) is 0 Å². The normalized spacial score (nSPS) is 29.6. The van der Waals surface area contributed by atoms with E-state index in [2.05, 4.69) is 52.1 Å². The number of hydrogen-bond acceptors (Lipinski definition) is 2. The van der Waals surface area contributed by atoms with Gasteiger partial charge < -0.3 is 0 Å². The Labute approximate surface area is 189 Å². The number of Topliss-reactive ketones (excluding diaryl/α,β-unsaturated/α-hetero) is 1. The molecule has 1 aromatic carbocycles. The van der Waals surface area contributed by atoms with E-state index in [-0.39, 0.29) is 10.8 Å². The molecule has 0 aliphatic heterocycles. The van der Waals surface area contributed by atoms with Gasteiger partial charge in [-0.2, -0.15) is 0 Å². The molecule has 0 saturated heterocycles. The Morgan fingerprint density at radius 3 is 2.38 bits per heavy atom. The van der Waals surface area contributed by atoms with Crippen LogP contribution >= 0.6 is 12.2 Å². The summed E-state index contributed by atoms with van der Waals surface area (Å²) in [4.78, 5) is 15.1. The van der Waals surface area contributed by atoms with E-state index in [1.807, 2.05) is 18.2 Å². The van der Waals surface area contributed by atoms with Crippen LogP contribution in [0.3, 0.4) is 0 Å². The van der Waals surface area contributed by atoms with Crippen molar-refractivity contribution in [2.45, 2.75) is 88.8 Å². The van der Waals surface area contributed by atoms with Gasteiger partial charge in [0.2, 0.25) is 0 Å². The first-order chi connectivity index (χ1) is 13.8. The second-order valence-electron chi connectivity index (χ2n) is 9.68. The molecular weight excluding hydrogens is 441 g/mol. The number of hydrogen-bond donors (Lipinski definition) is 1. The third-order valence-electron chi connectivity index (χ3n) is 7.77. The Bertz CT molecular complexity index is 734. The van der Waals surface area contributed by atoms with E-state index < -0.39 is 0 Å². The third kappa shape index (κ3) is 4.23. The van der Waals surface area contributed by atoms with Crippen molar-refractivity contribution < 1.29 is 4.79 Å². The van der Waals surface area contributed by atoms with Crippen LogP contribution in [-0.4, -0.2) is 31.8 Å². The van der Waals surface area contributed by atoms with Crippen LogP contribution in [0.1, 0.15) is 78.7 Å². The number of thiocarbonyl (C=S) groups is 1. The molecule has 0 unspecified atom stereocenters. The maximum absolute atomic E-state index is 13.4. The van der Waals surface area contributed by atoms with Crippen LogP contribution in [-0.2, 0) is 4.79 Å². The molecule has 0 radical (unpaired) electrons. The van der Waals surface area contributed by atoms with Gasteiger partial charge >= 0.3 is 190 Å². The standard InChI is InChI=1S/C25H37NOSSe/c1-6-11-19(26-23(28)17-13-9-8-10-14-17)20(12-7-2)29-21-18-15-16-25(5,22(21)27)24(18,3)4/h8-10,13-14,18-21H,6-7,11-12,15-16H2,1-5H3,(H,26,28)/t18-,19+,20-,21+,25+/m1/s1. The first kappa shape index (κ1) is 23.0. The van der Waals surface area contributed by atoms with Crippen LogP contribution in [0.15, 0.2) is 30.3 Å². The van der Waals surface area contributed by atoms with Crippen LogP contribution < -0.4 is 5.32 Å². The SMILES string of the molecule is CCC[C@H](NC(=S)c1ccccc1)[C@@H](CCC)[Se][C@@H]1C(=O)[C@]2(C)CC[C@H]1C2(C)C. The average molecular weight is 479 g/mol. The first-order valence-electron chi connectivity index (χ1n) is 11.3. The Morgan fingerprint density at radius 2 is 1.83 bits per heavy atom. The Kier molecular flexibility index (Phi) is 7.29. The second kappa shape index (κ2) is 9.20. The fraction of sp³-hybridized carbons (Fsp3) is 0.680. The molecule has 2 aliphatic carbocycles. The molecule has 160 valence electrons. The monoisotopic (exact) mass is 479 g/mol. The Balaban J connectivity index is 1.78. The quantitative estimate of drug-likeness (QED) is 0.337. The van der Waals surface area contributed by atoms with E-state index in [9.17, 15) is 4.79 Å². The van der Waals surface area contributed by atoms with Crippen molar-refractivity contribution in [3.05, 3.63) is 35.9 Å². The summed E-state index contributed by atoms with van der Waals surface area (Å²) in [5, 5.41) is 3.72.